The van der Waals surface area contributed by atoms with Gasteiger partial charge in [-0.05, 0) is 31.9 Å². The summed E-state index contributed by atoms with van der Waals surface area (Å²) < 4.78 is 39.7. The smallest absolute Gasteiger partial charge is 0.194 e. The lowest BCUT2D eigenvalue weighted by Crippen LogP contribution is -2.22. The maximum absolute atomic E-state index is 13.7. The van der Waals surface area contributed by atoms with Crippen molar-refractivity contribution < 1.29 is 13.2 Å². The molecule has 1 rings (SSSR count). The predicted octanol–water partition coefficient (Wildman–Crippen LogP) is 4.11. The molecule has 0 amide bonds. The Balaban J connectivity index is 2.90. The first-order chi connectivity index (χ1) is 8.61. The number of hydrogen-bond acceptors (Lipinski definition) is 1. The third-order valence-electron chi connectivity index (χ3n) is 2.79. The van der Waals surface area contributed by atoms with Crippen LogP contribution in [0.4, 0.5) is 13.2 Å². The maximum atomic E-state index is 13.7. The largest absolute Gasteiger partial charge is 0.310 e. The van der Waals surface area contributed by atoms with E-state index in [1.54, 1.807) is 6.08 Å². The Morgan fingerprint density at radius 1 is 1.28 bits per heavy atom. The van der Waals surface area contributed by atoms with Crippen molar-refractivity contribution in [2.75, 3.05) is 6.54 Å². The van der Waals surface area contributed by atoms with Gasteiger partial charge in [-0.25, -0.2) is 13.2 Å². The Hall–Kier alpha value is -1.29. The summed E-state index contributed by atoms with van der Waals surface area (Å²) in [6, 6.07) is 1.96. The molecule has 1 N–H and O–H groups in total. The second-order valence-electron chi connectivity index (χ2n) is 4.09. The fourth-order valence-corrected chi connectivity index (χ4v) is 1.89. The van der Waals surface area contributed by atoms with Gasteiger partial charge in [0.05, 0.1) is 0 Å². The normalized spacial score (nSPS) is 12.4. The molecule has 0 aliphatic rings. The second kappa shape index (κ2) is 7.21. The van der Waals surface area contributed by atoms with Gasteiger partial charge in [-0.3, -0.25) is 0 Å². The van der Waals surface area contributed by atoms with Gasteiger partial charge in [0.25, 0.3) is 0 Å². The van der Waals surface area contributed by atoms with E-state index >= 15 is 0 Å². The minimum Gasteiger partial charge on any atom is -0.310 e. The number of halogens is 3. The van der Waals surface area contributed by atoms with Crippen molar-refractivity contribution in [3.63, 3.8) is 0 Å². The standard InChI is InChI=1S/C14H18F3N/c1-3-5-6-7-12(18-4-2)10-8-9-11(15)14(17)13(10)16/h3,8-9,12,18H,1,4-7H2,2H3. The van der Waals surface area contributed by atoms with E-state index in [1.165, 1.54) is 6.07 Å². The van der Waals surface area contributed by atoms with Gasteiger partial charge in [0, 0.05) is 11.6 Å². The molecule has 1 nitrogen and oxygen atoms in total. The van der Waals surface area contributed by atoms with E-state index in [-0.39, 0.29) is 11.6 Å². The van der Waals surface area contributed by atoms with Crippen LogP contribution in [0.15, 0.2) is 24.8 Å². The van der Waals surface area contributed by atoms with E-state index in [0.29, 0.717) is 13.0 Å². The molecule has 0 heterocycles. The predicted molar refractivity (Wildman–Crippen MR) is 66.8 cm³/mol. The summed E-state index contributed by atoms with van der Waals surface area (Å²) in [6.07, 6.45) is 4.07. The van der Waals surface area contributed by atoms with Gasteiger partial charge in [0.15, 0.2) is 17.5 Å². The average Bonchev–Trinajstić information content (AvgIpc) is 2.36. The van der Waals surface area contributed by atoms with Crippen LogP contribution in [0.2, 0.25) is 0 Å². The van der Waals surface area contributed by atoms with E-state index in [2.05, 4.69) is 11.9 Å². The molecule has 0 aromatic heterocycles. The third-order valence-corrected chi connectivity index (χ3v) is 2.79. The Bertz CT molecular complexity index is 404. The summed E-state index contributed by atoms with van der Waals surface area (Å²) in [5, 5.41) is 3.08. The fraction of sp³-hybridized carbons (Fsp3) is 0.429. The first kappa shape index (κ1) is 14.8. The lowest BCUT2D eigenvalue weighted by atomic mass is 10.00. The van der Waals surface area contributed by atoms with E-state index in [9.17, 15) is 13.2 Å². The van der Waals surface area contributed by atoms with Crippen LogP contribution in [-0.2, 0) is 0 Å². The summed E-state index contributed by atoms with van der Waals surface area (Å²) in [6.45, 7) is 6.14. The zero-order chi connectivity index (χ0) is 13.5. The molecular formula is C14H18F3N. The van der Waals surface area contributed by atoms with Crippen LogP contribution < -0.4 is 5.32 Å². The van der Waals surface area contributed by atoms with E-state index in [0.717, 1.165) is 18.9 Å². The average molecular weight is 257 g/mol. The van der Waals surface area contributed by atoms with Crippen molar-refractivity contribution in [2.45, 2.75) is 32.2 Å². The van der Waals surface area contributed by atoms with Crippen molar-refractivity contribution in [2.24, 2.45) is 0 Å². The summed E-state index contributed by atoms with van der Waals surface area (Å²) in [4.78, 5) is 0. The molecule has 0 bridgehead atoms. The van der Waals surface area contributed by atoms with Crippen molar-refractivity contribution in [1.29, 1.82) is 0 Å². The number of hydrogen-bond donors (Lipinski definition) is 1. The number of unbranched alkanes of at least 4 members (excludes halogenated alkanes) is 1. The summed E-state index contributed by atoms with van der Waals surface area (Å²) in [7, 11) is 0. The molecule has 0 saturated heterocycles. The fourth-order valence-electron chi connectivity index (χ4n) is 1.89. The molecule has 0 saturated carbocycles. The monoisotopic (exact) mass is 257 g/mol. The Labute approximate surface area is 106 Å². The van der Waals surface area contributed by atoms with Crippen LogP contribution in [0.1, 0.15) is 37.8 Å². The molecule has 0 radical (unpaired) electrons. The van der Waals surface area contributed by atoms with Crippen molar-refractivity contribution in [3.8, 4) is 0 Å². The Morgan fingerprint density at radius 3 is 2.61 bits per heavy atom. The highest BCUT2D eigenvalue weighted by Crippen LogP contribution is 2.25. The zero-order valence-electron chi connectivity index (χ0n) is 10.5. The minimum atomic E-state index is -1.40. The minimum absolute atomic E-state index is 0.180. The zero-order valence-corrected chi connectivity index (χ0v) is 10.5. The molecule has 1 atom stereocenters. The van der Waals surface area contributed by atoms with Crippen molar-refractivity contribution in [3.05, 3.63) is 47.8 Å². The highest BCUT2D eigenvalue weighted by Gasteiger charge is 2.19. The molecular weight excluding hydrogens is 239 g/mol. The van der Waals surface area contributed by atoms with Crippen molar-refractivity contribution in [1.82, 2.24) is 5.32 Å². The number of allylic oxidation sites excluding steroid dienone is 1. The van der Waals surface area contributed by atoms with Crippen LogP contribution in [0.25, 0.3) is 0 Å². The first-order valence-electron chi connectivity index (χ1n) is 6.09. The molecule has 0 aliphatic heterocycles. The van der Waals surface area contributed by atoms with Gasteiger partial charge in [-0.15, -0.1) is 6.58 Å². The van der Waals surface area contributed by atoms with Crippen LogP contribution in [0, 0.1) is 17.5 Å². The van der Waals surface area contributed by atoms with Gasteiger partial charge in [-0.1, -0.05) is 19.1 Å². The Morgan fingerprint density at radius 2 is 2.00 bits per heavy atom. The molecule has 0 fully saturated rings. The van der Waals surface area contributed by atoms with Gasteiger partial charge >= 0.3 is 0 Å². The lowest BCUT2D eigenvalue weighted by molar-refractivity contribution is 0.417. The quantitative estimate of drug-likeness (QED) is 0.440. The van der Waals surface area contributed by atoms with Gasteiger partial charge < -0.3 is 5.32 Å². The SMILES string of the molecule is C=CCCCC(NCC)c1ccc(F)c(F)c1F. The van der Waals surface area contributed by atoms with Gasteiger partial charge in [-0.2, -0.15) is 0 Å². The van der Waals surface area contributed by atoms with E-state index < -0.39 is 17.5 Å². The summed E-state index contributed by atoms with van der Waals surface area (Å²) in [5.74, 6) is -3.66. The molecule has 1 aromatic carbocycles. The molecule has 100 valence electrons. The number of benzene rings is 1. The maximum Gasteiger partial charge on any atom is 0.194 e. The van der Waals surface area contributed by atoms with E-state index in [1.807, 2.05) is 6.92 Å². The van der Waals surface area contributed by atoms with Crippen LogP contribution >= 0.6 is 0 Å². The third kappa shape index (κ3) is 3.60. The molecule has 1 aromatic rings. The van der Waals surface area contributed by atoms with Crippen LogP contribution in [0.3, 0.4) is 0 Å². The first-order valence-corrected chi connectivity index (χ1v) is 6.09. The van der Waals surface area contributed by atoms with Gasteiger partial charge in [0.1, 0.15) is 0 Å². The molecule has 4 heteroatoms. The molecule has 0 spiro atoms. The number of rotatable bonds is 7. The topological polar surface area (TPSA) is 12.0 Å². The van der Waals surface area contributed by atoms with Crippen molar-refractivity contribution >= 4 is 0 Å². The Kier molecular flexibility index (Phi) is 5.92. The number of nitrogens with one attached hydrogen (secondary N) is 1. The molecule has 0 aliphatic carbocycles. The van der Waals surface area contributed by atoms with Crippen LogP contribution in [0.5, 0.6) is 0 Å². The molecule has 1 unspecified atom stereocenters. The second-order valence-corrected chi connectivity index (χ2v) is 4.09. The molecule has 18 heavy (non-hydrogen) atoms. The lowest BCUT2D eigenvalue weighted by Gasteiger charge is -2.19. The summed E-state index contributed by atoms with van der Waals surface area (Å²) >= 11 is 0. The van der Waals surface area contributed by atoms with Gasteiger partial charge in [0.2, 0.25) is 0 Å². The highest BCUT2D eigenvalue weighted by atomic mass is 19.2. The van der Waals surface area contributed by atoms with Crippen LogP contribution in [-0.4, -0.2) is 6.54 Å². The summed E-state index contributed by atoms with van der Waals surface area (Å²) in [5.41, 5.74) is 0.180. The van der Waals surface area contributed by atoms with E-state index in [4.69, 9.17) is 0 Å². The highest BCUT2D eigenvalue weighted by molar-refractivity contribution is 5.23.